The zero-order chi connectivity index (χ0) is 12.7. The fourth-order valence-corrected chi connectivity index (χ4v) is 1.91. The molecule has 17 heavy (non-hydrogen) atoms. The van der Waals surface area contributed by atoms with Gasteiger partial charge in [-0.3, -0.25) is 4.68 Å². The Morgan fingerprint density at radius 1 is 1.41 bits per heavy atom. The van der Waals surface area contributed by atoms with Gasteiger partial charge < -0.3 is 10.4 Å². The summed E-state index contributed by atoms with van der Waals surface area (Å²) < 4.78 is 2.06. The van der Waals surface area contributed by atoms with E-state index in [-0.39, 0.29) is 6.61 Å². The standard InChI is InChI=1S/C13H25N3O/c1-4-13(5-2)16-8-6-12(15-16)10-14-11(3)7-9-17/h6,8,11,13-14,17H,4-5,7,9-10H2,1-3H3. The lowest BCUT2D eigenvalue weighted by molar-refractivity contribution is 0.268. The lowest BCUT2D eigenvalue weighted by Crippen LogP contribution is -2.26. The maximum atomic E-state index is 8.81. The molecule has 1 rings (SSSR count). The molecule has 4 nitrogen and oxygen atoms in total. The summed E-state index contributed by atoms with van der Waals surface area (Å²) in [5, 5.41) is 16.7. The maximum Gasteiger partial charge on any atom is 0.0762 e. The number of rotatable bonds is 8. The molecule has 4 heteroatoms. The van der Waals surface area contributed by atoms with Crippen LogP contribution in [0.1, 0.15) is 51.8 Å². The zero-order valence-corrected chi connectivity index (χ0v) is 11.2. The molecule has 0 aliphatic carbocycles. The first-order chi connectivity index (χ1) is 8.21. The van der Waals surface area contributed by atoms with Crippen LogP contribution in [0.25, 0.3) is 0 Å². The highest BCUT2D eigenvalue weighted by atomic mass is 16.3. The quantitative estimate of drug-likeness (QED) is 0.730. The Morgan fingerprint density at radius 2 is 2.12 bits per heavy atom. The molecule has 1 unspecified atom stereocenters. The second-order valence-corrected chi connectivity index (χ2v) is 4.55. The largest absolute Gasteiger partial charge is 0.396 e. The molecule has 0 fully saturated rings. The van der Waals surface area contributed by atoms with Crippen LogP contribution in [0.15, 0.2) is 12.3 Å². The van der Waals surface area contributed by atoms with Crippen molar-refractivity contribution in [2.45, 2.75) is 58.7 Å². The molecule has 0 spiro atoms. The molecule has 0 amide bonds. The average molecular weight is 239 g/mol. The normalized spacial score (nSPS) is 13.2. The molecule has 1 aromatic rings. The zero-order valence-electron chi connectivity index (χ0n) is 11.2. The third-order valence-electron chi connectivity index (χ3n) is 3.17. The second-order valence-electron chi connectivity index (χ2n) is 4.55. The lowest BCUT2D eigenvalue weighted by Gasteiger charge is -2.13. The van der Waals surface area contributed by atoms with E-state index in [1.165, 1.54) is 0 Å². The van der Waals surface area contributed by atoms with E-state index in [0.717, 1.165) is 31.5 Å². The molecule has 0 aliphatic heterocycles. The molecule has 0 bridgehead atoms. The Kier molecular flexibility index (Phi) is 6.22. The highest BCUT2D eigenvalue weighted by Gasteiger charge is 2.08. The number of nitrogens with zero attached hydrogens (tertiary/aromatic N) is 2. The fourth-order valence-electron chi connectivity index (χ4n) is 1.91. The Hall–Kier alpha value is -0.870. The van der Waals surface area contributed by atoms with Gasteiger partial charge in [0.15, 0.2) is 0 Å². The van der Waals surface area contributed by atoms with E-state index < -0.39 is 0 Å². The van der Waals surface area contributed by atoms with Gasteiger partial charge in [0.05, 0.1) is 11.7 Å². The summed E-state index contributed by atoms with van der Waals surface area (Å²) in [6.45, 7) is 7.47. The number of aliphatic hydroxyl groups is 1. The third kappa shape index (κ3) is 4.48. The van der Waals surface area contributed by atoms with Gasteiger partial charge in [0.1, 0.15) is 0 Å². The van der Waals surface area contributed by atoms with Crippen molar-refractivity contribution >= 4 is 0 Å². The van der Waals surface area contributed by atoms with Crippen molar-refractivity contribution in [3.05, 3.63) is 18.0 Å². The van der Waals surface area contributed by atoms with Crippen LogP contribution in [-0.2, 0) is 6.54 Å². The van der Waals surface area contributed by atoms with Gasteiger partial charge in [-0.25, -0.2) is 0 Å². The minimum Gasteiger partial charge on any atom is -0.396 e. The van der Waals surface area contributed by atoms with Gasteiger partial charge in [-0.1, -0.05) is 13.8 Å². The Balaban J connectivity index is 2.45. The number of aromatic nitrogens is 2. The summed E-state index contributed by atoms with van der Waals surface area (Å²) in [7, 11) is 0. The molecule has 2 N–H and O–H groups in total. The minimum atomic E-state index is 0.232. The van der Waals surface area contributed by atoms with Crippen LogP contribution in [0.2, 0.25) is 0 Å². The van der Waals surface area contributed by atoms with Crippen LogP contribution in [0, 0.1) is 0 Å². The van der Waals surface area contributed by atoms with Gasteiger partial charge in [-0.05, 0) is 32.3 Å². The first-order valence-electron chi connectivity index (χ1n) is 6.59. The molecule has 98 valence electrons. The minimum absolute atomic E-state index is 0.232. The summed E-state index contributed by atoms with van der Waals surface area (Å²) in [5.74, 6) is 0. The molecule has 1 aromatic heterocycles. The summed E-state index contributed by atoms with van der Waals surface area (Å²) in [5.41, 5.74) is 1.07. The maximum absolute atomic E-state index is 8.81. The van der Waals surface area contributed by atoms with Gasteiger partial charge in [0.25, 0.3) is 0 Å². The van der Waals surface area contributed by atoms with E-state index >= 15 is 0 Å². The van der Waals surface area contributed by atoms with Crippen molar-refractivity contribution < 1.29 is 5.11 Å². The number of hydrogen-bond donors (Lipinski definition) is 2. The monoisotopic (exact) mass is 239 g/mol. The number of hydrogen-bond acceptors (Lipinski definition) is 3. The first kappa shape index (κ1) is 14.2. The summed E-state index contributed by atoms with van der Waals surface area (Å²) in [6, 6.07) is 2.91. The predicted molar refractivity (Wildman–Crippen MR) is 69.9 cm³/mol. The van der Waals surface area contributed by atoms with Gasteiger partial charge in [-0.2, -0.15) is 5.10 Å². The Morgan fingerprint density at radius 3 is 2.71 bits per heavy atom. The summed E-state index contributed by atoms with van der Waals surface area (Å²) >= 11 is 0. The Bertz CT molecular complexity index is 307. The van der Waals surface area contributed by atoms with Crippen molar-refractivity contribution in [1.29, 1.82) is 0 Å². The van der Waals surface area contributed by atoms with Crippen molar-refractivity contribution in [2.75, 3.05) is 6.61 Å². The van der Waals surface area contributed by atoms with E-state index in [9.17, 15) is 0 Å². The van der Waals surface area contributed by atoms with E-state index in [0.29, 0.717) is 12.1 Å². The van der Waals surface area contributed by atoms with Crippen LogP contribution in [0.5, 0.6) is 0 Å². The lowest BCUT2D eigenvalue weighted by atomic mass is 10.2. The molecule has 0 saturated heterocycles. The SMILES string of the molecule is CCC(CC)n1ccc(CNC(C)CCO)n1. The summed E-state index contributed by atoms with van der Waals surface area (Å²) in [6.07, 6.45) is 5.08. The van der Waals surface area contributed by atoms with Crippen LogP contribution >= 0.6 is 0 Å². The molecule has 0 aromatic carbocycles. The highest BCUT2D eigenvalue weighted by Crippen LogP contribution is 2.14. The summed E-state index contributed by atoms with van der Waals surface area (Å²) in [4.78, 5) is 0. The van der Waals surface area contributed by atoms with Crippen molar-refractivity contribution in [2.24, 2.45) is 0 Å². The van der Waals surface area contributed by atoms with Gasteiger partial charge in [0, 0.05) is 25.4 Å². The molecule has 0 radical (unpaired) electrons. The van der Waals surface area contributed by atoms with E-state index in [2.05, 4.69) is 48.1 Å². The number of nitrogens with one attached hydrogen (secondary N) is 1. The van der Waals surface area contributed by atoms with Crippen LogP contribution in [0.3, 0.4) is 0 Å². The van der Waals surface area contributed by atoms with E-state index in [1.54, 1.807) is 0 Å². The average Bonchev–Trinajstić information content (AvgIpc) is 2.77. The third-order valence-corrected chi connectivity index (χ3v) is 3.17. The van der Waals surface area contributed by atoms with Gasteiger partial charge >= 0.3 is 0 Å². The molecular weight excluding hydrogens is 214 g/mol. The van der Waals surface area contributed by atoms with Gasteiger partial charge in [0.2, 0.25) is 0 Å². The molecule has 0 saturated carbocycles. The van der Waals surface area contributed by atoms with Crippen LogP contribution in [0.4, 0.5) is 0 Å². The Labute approximate surface area is 104 Å². The second kappa shape index (κ2) is 7.45. The van der Waals surface area contributed by atoms with E-state index in [4.69, 9.17) is 5.11 Å². The topological polar surface area (TPSA) is 50.1 Å². The van der Waals surface area contributed by atoms with Crippen LogP contribution in [-0.4, -0.2) is 27.5 Å². The van der Waals surface area contributed by atoms with Crippen LogP contribution < -0.4 is 5.32 Å². The van der Waals surface area contributed by atoms with Gasteiger partial charge in [-0.15, -0.1) is 0 Å². The number of aliphatic hydroxyl groups excluding tert-OH is 1. The first-order valence-corrected chi connectivity index (χ1v) is 6.59. The molecular formula is C13H25N3O. The fraction of sp³-hybridized carbons (Fsp3) is 0.769. The molecule has 1 heterocycles. The molecule has 0 aliphatic rings. The van der Waals surface area contributed by atoms with Crippen molar-refractivity contribution in [1.82, 2.24) is 15.1 Å². The predicted octanol–water partition coefficient (Wildman–Crippen LogP) is 2.10. The van der Waals surface area contributed by atoms with E-state index in [1.807, 2.05) is 0 Å². The van der Waals surface area contributed by atoms with Crippen molar-refractivity contribution in [3.63, 3.8) is 0 Å². The highest BCUT2D eigenvalue weighted by molar-refractivity contribution is 4.99. The molecule has 1 atom stereocenters. The smallest absolute Gasteiger partial charge is 0.0762 e. The van der Waals surface area contributed by atoms with Crippen molar-refractivity contribution in [3.8, 4) is 0 Å².